The largest absolute Gasteiger partial charge is 0.354 e. The first kappa shape index (κ1) is 18.6. The standard InChI is InChI=1S/C23H25N3O/c1-16(2)21-11-7-8-17(3)22(21)26-20-12-19(14-24-15-20)23(27)25-13-18-9-5-4-6-10-18/h4-12,14-16,26H,13H2,1-3H3,(H,25,27). The highest BCUT2D eigenvalue weighted by Crippen LogP contribution is 2.30. The molecule has 0 saturated carbocycles. The van der Waals surface area contributed by atoms with Crippen molar-refractivity contribution < 1.29 is 4.79 Å². The van der Waals surface area contributed by atoms with Crippen molar-refractivity contribution in [1.82, 2.24) is 10.3 Å². The maximum Gasteiger partial charge on any atom is 0.253 e. The van der Waals surface area contributed by atoms with Crippen molar-refractivity contribution in [3.05, 3.63) is 89.2 Å². The first-order valence-electron chi connectivity index (χ1n) is 9.18. The second kappa shape index (κ2) is 8.49. The number of nitrogens with one attached hydrogen (secondary N) is 2. The number of hydrogen-bond acceptors (Lipinski definition) is 3. The third-order valence-corrected chi connectivity index (χ3v) is 4.49. The Morgan fingerprint density at radius 3 is 2.56 bits per heavy atom. The summed E-state index contributed by atoms with van der Waals surface area (Å²) in [5.41, 5.74) is 5.90. The van der Waals surface area contributed by atoms with Crippen molar-refractivity contribution >= 4 is 17.3 Å². The van der Waals surface area contributed by atoms with Gasteiger partial charge in [-0.15, -0.1) is 0 Å². The topological polar surface area (TPSA) is 54.0 Å². The number of carbonyl (C=O) groups is 1. The van der Waals surface area contributed by atoms with Crippen molar-refractivity contribution in [2.45, 2.75) is 33.2 Å². The van der Waals surface area contributed by atoms with E-state index in [1.165, 1.54) is 11.1 Å². The first-order valence-corrected chi connectivity index (χ1v) is 9.18. The van der Waals surface area contributed by atoms with Crippen LogP contribution in [0.2, 0.25) is 0 Å². The number of aromatic nitrogens is 1. The van der Waals surface area contributed by atoms with Crippen LogP contribution in [0.1, 0.15) is 46.8 Å². The van der Waals surface area contributed by atoms with Crippen LogP contribution in [0.25, 0.3) is 0 Å². The Labute approximate surface area is 160 Å². The van der Waals surface area contributed by atoms with Gasteiger partial charge in [0.15, 0.2) is 0 Å². The Balaban J connectivity index is 1.75. The monoisotopic (exact) mass is 359 g/mol. The van der Waals surface area contributed by atoms with Crippen molar-refractivity contribution in [2.24, 2.45) is 0 Å². The Bertz CT molecular complexity index is 920. The summed E-state index contributed by atoms with van der Waals surface area (Å²) in [7, 11) is 0. The molecule has 27 heavy (non-hydrogen) atoms. The van der Waals surface area contributed by atoms with E-state index in [-0.39, 0.29) is 5.91 Å². The highest BCUT2D eigenvalue weighted by Gasteiger charge is 2.11. The molecule has 1 aromatic heterocycles. The van der Waals surface area contributed by atoms with Gasteiger partial charge in [-0.25, -0.2) is 0 Å². The molecule has 1 heterocycles. The fourth-order valence-corrected chi connectivity index (χ4v) is 3.00. The van der Waals surface area contributed by atoms with E-state index in [2.05, 4.69) is 54.6 Å². The molecule has 4 nitrogen and oxygen atoms in total. The van der Waals surface area contributed by atoms with E-state index < -0.39 is 0 Å². The Kier molecular flexibility index (Phi) is 5.87. The van der Waals surface area contributed by atoms with Crippen LogP contribution in [0.15, 0.2) is 67.0 Å². The summed E-state index contributed by atoms with van der Waals surface area (Å²) < 4.78 is 0. The number of carbonyl (C=O) groups excluding carboxylic acids is 1. The zero-order valence-corrected chi connectivity index (χ0v) is 16.0. The Hall–Kier alpha value is -3.14. The minimum absolute atomic E-state index is 0.135. The number of anilines is 2. The van der Waals surface area contributed by atoms with Crippen molar-refractivity contribution in [3.63, 3.8) is 0 Å². The van der Waals surface area contributed by atoms with Gasteiger partial charge < -0.3 is 10.6 Å². The van der Waals surface area contributed by atoms with Gasteiger partial charge in [0.25, 0.3) is 5.91 Å². The van der Waals surface area contributed by atoms with Crippen LogP contribution in [0.5, 0.6) is 0 Å². The lowest BCUT2D eigenvalue weighted by molar-refractivity contribution is 0.0950. The van der Waals surface area contributed by atoms with E-state index in [0.29, 0.717) is 18.0 Å². The molecule has 2 N–H and O–H groups in total. The zero-order valence-electron chi connectivity index (χ0n) is 16.0. The smallest absolute Gasteiger partial charge is 0.253 e. The molecule has 0 spiro atoms. The minimum atomic E-state index is -0.135. The fraction of sp³-hybridized carbons (Fsp3) is 0.217. The number of para-hydroxylation sites is 1. The van der Waals surface area contributed by atoms with Gasteiger partial charge >= 0.3 is 0 Å². The summed E-state index contributed by atoms with van der Waals surface area (Å²) in [5.74, 6) is 0.265. The van der Waals surface area contributed by atoms with Crippen molar-refractivity contribution in [1.29, 1.82) is 0 Å². The van der Waals surface area contributed by atoms with Gasteiger partial charge in [0.2, 0.25) is 0 Å². The molecule has 2 aromatic carbocycles. The molecular formula is C23H25N3O. The second-order valence-corrected chi connectivity index (χ2v) is 6.95. The van der Waals surface area contributed by atoms with Gasteiger partial charge in [-0.1, -0.05) is 62.4 Å². The van der Waals surface area contributed by atoms with Gasteiger partial charge in [-0.05, 0) is 35.6 Å². The van der Waals surface area contributed by atoms with Crippen LogP contribution in [-0.4, -0.2) is 10.9 Å². The highest BCUT2D eigenvalue weighted by atomic mass is 16.1. The van der Waals surface area contributed by atoms with E-state index in [1.54, 1.807) is 12.4 Å². The summed E-state index contributed by atoms with van der Waals surface area (Å²) in [6.45, 7) is 6.92. The maximum absolute atomic E-state index is 12.5. The summed E-state index contributed by atoms with van der Waals surface area (Å²) in [6, 6.07) is 18.0. The molecule has 0 fully saturated rings. The van der Waals surface area contributed by atoms with E-state index >= 15 is 0 Å². The van der Waals surface area contributed by atoms with Crippen LogP contribution >= 0.6 is 0 Å². The van der Waals surface area contributed by atoms with Gasteiger partial charge in [0, 0.05) is 18.4 Å². The Morgan fingerprint density at radius 2 is 1.81 bits per heavy atom. The SMILES string of the molecule is Cc1cccc(C(C)C)c1Nc1cncc(C(=O)NCc2ccccc2)c1. The average molecular weight is 359 g/mol. The molecule has 1 amide bonds. The van der Waals surface area contributed by atoms with Crippen LogP contribution < -0.4 is 10.6 Å². The predicted molar refractivity (Wildman–Crippen MR) is 110 cm³/mol. The number of amides is 1. The number of nitrogens with zero attached hydrogens (tertiary/aromatic N) is 1. The van der Waals surface area contributed by atoms with Crippen LogP contribution in [0, 0.1) is 6.92 Å². The lowest BCUT2D eigenvalue weighted by Gasteiger charge is -2.17. The molecular weight excluding hydrogens is 334 g/mol. The fourth-order valence-electron chi connectivity index (χ4n) is 3.00. The summed E-state index contributed by atoms with van der Waals surface area (Å²) in [6.07, 6.45) is 3.33. The molecule has 0 aliphatic heterocycles. The van der Waals surface area contributed by atoms with E-state index in [9.17, 15) is 4.79 Å². The van der Waals surface area contributed by atoms with Crippen molar-refractivity contribution in [2.75, 3.05) is 5.32 Å². The molecule has 4 heteroatoms. The van der Waals surface area contributed by atoms with Gasteiger partial charge in [0.05, 0.1) is 17.4 Å². The number of benzene rings is 2. The van der Waals surface area contributed by atoms with Gasteiger partial charge in [-0.3, -0.25) is 9.78 Å². The van der Waals surface area contributed by atoms with Crippen LogP contribution in [-0.2, 0) is 6.54 Å². The Morgan fingerprint density at radius 1 is 1.04 bits per heavy atom. The first-order chi connectivity index (χ1) is 13.0. The summed E-state index contributed by atoms with van der Waals surface area (Å²) in [4.78, 5) is 16.7. The third kappa shape index (κ3) is 4.73. The molecule has 3 rings (SSSR count). The second-order valence-electron chi connectivity index (χ2n) is 6.95. The predicted octanol–water partition coefficient (Wildman–Crippen LogP) is 5.19. The normalized spacial score (nSPS) is 10.7. The molecule has 0 saturated heterocycles. The van der Waals surface area contributed by atoms with E-state index in [4.69, 9.17) is 0 Å². The third-order valence-electron chi connectivity index (χ3n) is 4.49. The molecule has 0 radical (unpaired) electrons. The maximum atomic E-state index is 12.5. The zero-order chi connectivity index (χ0) is 19.2. The number of aryl methyl sites for hydroxylation is 1. The van der Waals surface area contributed by atoms with Gasteiger partial charge in [-0.2, -0.15) is 0 Å². The lowest BCUT2D eigenvalue weighted by Crippen LogP contribution is -2.23. The lowest BCUT2D eigenvalue weighted by atomic mass is 9.98. The van der Waals surface area contributed by atoms with Crippen molar-refractivity contribution in [3.8, 4) is 0 Å². The van der Waals surface area contributed by atoms with E-state index in [1.807, 2.05) is 36.4 Å². The van der Waals surface area contributed by atoms with Gasteiger partial charge in [0.1, 0.15) is 0 Å². The molecule has 0 aliphatic carbocycles. The average Bonchev–Trinajstić information content (AvgIpc) is 2.68. The van der Waals surface area contributed by atoms with Crippen LogP contribution in [0.3, 0.4) is 0 Å². The number of hydrogen-bond donors (Lipinski definition) is 2. The molecule has 0 aliphatic rings. The number of pyridine rings is 1. The molecule has 138 valence electrons. The summed E-state index contributed by atoms with van der Waals surface area (Å²) >= 11 is 0. The quantitative estimate of drug-likeness (QED) is 0.637. The highest BCUT2D eigenvalue weighted by molar-refractivity contribution is 5.94. The van der Waals surface area contributed by atoms with E-state index in [0.717, 1.165) is 16.9 Å². The van der Waals surface area contributed by atoms with Crippen LogP contribution in [0.4, 0.5) is 11.4 Å². The summed E-state index contributed by atoms with van der Waals surface area (Å²) in [5, 5.41) is 6.39. The molecule has 0 unspecified atom stereocenters. The minimum Gasteiger partial charge on any atom is -0.354 e. The number of rotatable bonds is 6. The molecule has 0 atom stereocenters. The molecule has 0 bridgehead atoms. The molecule has 3 aromatic rings.